The Labute approximate surface area is 175 Å². The average molecular weight is 409 g/mol. The van der Waals surface area contributed by atoms with Crippen molar-refractivity contribution in [1.29, 1.82) is 0 Å². The van der Waals surface area contributed by atoms with Crippen LogP contribution in [0.15, 0.2) is 66.7 Å². The van der Waals surface area contributed by atoms with Crippen LogP contribution in [0.2, 0.25) is 0 Å². The topological polar surface area (TPSA) is 84.7 Å². The van der Waals surface area contributed by atoms with Crippen molar-refractivity contribution in [3.8, 4) is 33.3 Å². The Morgan fingerprint density at radius 1 is 0.933 bits per heavy atom. The summed E-state index contributed by atoms with van der Waals surface area (Å²) in [6.45, 7) is 2.00. The first-order chi connectivity index (χ1) is 14.8. The number of benzene rings is 2. The number of H-pyrrole nitrogens is 1. The Balaban J connectivity index is 1.47. The van der Waals surface area contributed by atoms with Crippen LogP contribution in [0.3, 0.4) is 0 Å². The molecule has 0 saturated carbocycles. The van der Waals surface area contributed by atoms with Gasteiger partial charge in [-0.05, 0) is 25.1 Å². The Bertz CT molecular complexity index is 1510. The molecule has 8 heteroatoms. The van der Waals surface area contributed by atoms with E-state index in [2.05, 4.69) is 37.5 Å². The molecule has 2 aromatic carbocycles. The molecule has 0 aliphatic heterocycles. The second kappa shape index (κ2) is 6.57. The quantitative estimate of drug-likeness (QED) is 0.455. The molecule has 0 aliphatic carbocycles. The van der Waals surface area contributed by atoms with Crippen LogP contribution in [0.5, 0.6) is 0 Å². The average Bonchev–Trinajstić information content (AvgIpc) is 3.49. The van der Waals surface area contributed by atoms with Crippen molar-refractivity contribution >= 4 is 27.2 Å². The van der Waals surface area contributed by atoms with Gasteiger partial charge >= 0.3 is 0 Å². The van der Waals surface area contributed by atoms with Gasteiger partial charge in [-0.1, -0.05) is 59.9 Å². The lowest BCUT2D eigenvalue weighted by Crippen LogP contribution is -1.92. The van der Waals surface area contributed by atoms with E-state index in [9.17, 15) is 0 Å². The van der Waals surface area contributed by atoms with Gasteiger partial charge < -0.3 is 0 Å². The second-order valence-corrected chi connectivity index (χ2v) is 7.94. The molecule has 6 aromatic rings. The van der Waals surface area contributed by atoms with Gasteiger partial charge in [0.15, 0.2) is 0 Å². The predicted molar refractivity (Wildman–Crippen MR) is 117 cm³/mol. The molecule has 0 amide bonds. The molecule has 1 N–H and O–H groups in total. The first kappa shape index (κ1) is 17.0. The second-order valence-electron chi connectivity index (χ2n) is 6.99. The summed E-state index contributed by atoms with van der Waals surface area (Å²) in [6, 6.07) is 22.2. The summed E-state index contributed by atoms with van der Waals surface area (Å²) in [4.78, 5) is 5.36. The highest BCUT2D eigenvalue weighted by Gasteiger charge is 2.18. The molecular weight excluding hydrogens is 394 g/mol. The highest BCUT2D eigenvalue weighted by atomic mass is 32.1. The van der Waals surface area contributed by atoms with Crippen LogP contribution in [0, 0.1) is 6.92 Å². The Hall–Kier alpha value is -3.91. The summed E-state index contributed by atoms with van der Waals surface area (Å²) < 4.78 is 1.77. The fourth-order valence-corrected chi connectivity index (χ4v) is 4.44. The monoisotopic (exact) mass is 409 g/mol. The number of fused-ring (bicyclic) bond motifs is 2. The van der Waals surface area contributed by atoms with E-state index in [0.717, 1.165) is 49.1 Å². The number of aromatic nitrogens is 7. The number of para-hydroxylation sites is 1. The van der Waals surface area contributed by atoms with Crippen LogP contribution in [0.1, 0.15) is 5.69 Å². The van der Waals surface area contributed by atoms with Gasteiger partial charge in [0, 0.05) is 22.2 Å². The minimum atomic E-state index is 0.636. The van der Waals surface area contributed by atoms with Gasteiger partial charge in [0.1, 0.15) is 10.7 Å². The lowest BCUT2D eigenvalue weighted by molar-refractivity contribution is 0.955. The molecule has 4 aromatic heterocycles. The van der Waals surface area contributed by atoms with E-state index < -0.39 is 0 Å². The molecule has 0 radical (unpaired) electrons. The van der Waals surface area contributed by atoms with E-state index in [1.165, 1.54) is 11.3 Å². The van der Waals surface area contributed by atoms with Crippen molar-refractivity contribution in [2.75, 3.05) is 0 Å². The van der Waals surface area contributed by atoms with E-state index in [1.54, 1.807) is 4.52 Å². The van der Waals surface area contributed by atoms with Gasteiger partial charge in [0.25, 0.3) is 0 Å². The van der Waals surface area contributed by atoms with Crippen LogP contribution >= 0.6 is 11.3 Å². The normalized spacial score (nSPS) is 11.5. The molecule has 30 heavy (non-hydrogen) atoms. The number of hydrogen-bond acceptors (Lipinski definition) is 6. The Morgan fingerprint density at radius 3 is 2.67 bits per heavy atom. The fourth-order valence-electron chi connectivity index (χ4n) is 3.57. The molecule has 0 spiro atoms. The summed E-state index contributed by atoms with van der Waals surface area (Å²) >= 11 is 1.51. The Morgan fingerprint density at radius 2 is 1.77 bits per heavy atom. The number of hydrogen-bond donors (Lipinski definition) is 1. The number of nitrogens with zero attached hydrogens (tertiary/aromatic N) is 6. The zero-order valence-corrected chi connectivity index (χ0v) is 16.8. The molecule has 0 saturated heterocycles. The molecule has 7 nitrogen and oxygen atoms in total. The highest BCUT2D eigenvalue weighted by Crippen LogP contribution is 2.33. The molecule has 4 heterocycles. The van der Waals surface area contributed by atoms with Crippen LogP contribution in [0.4, 0.5) is 0 Å². The molecule has 0 fully saturated rings. The lowest BCUT2D eigenvalue weighted by Gasteiger charge is -2.04. The third-order valence-corrected chi connectivity index (χ3v) is 5.89. The number of aryl methyl sites for hydroxylation is 1. The molecule has 0 unspecified atom stereocenters. The molecular formula is C22H15N7S. The van der Waals surface area contributed by atoms with Crippen LogP contribution in [-0.4, -0.2) is 35.0 Å². The van der Waals surface area contributed by atoms with Crippen molar-refractivity contribution in [3.05, 3.63) is 72.4 Å². The molecule has 144 valence electrons. The number of aromatic amines is 1. The van der Waals surface area contributed by atoms with Gasteiger partial charge in [-0.2, -0.15) is 14.7 Å². The van der Waals surface area contributed by atoms with Crippen LogP contribution in [-0.2, 0) is 0 Å². The van der Waals surface area contributed by atoms with E-state index in [-0.39, 0.29) is 0 Å². The molecule has 0 bridgehead atoms. The summed E-state index contributed by atoms with van der Waals surface area (Å²) in [6.07, 6.45) is 0. The van der Waals surface area contributed by atoms with E-state index in [0.29, 0.717) is 5.82 Å². The van der Waals surface area contributed by atoms with Crippen molar-refractivity contribution in [3.63, 3.8) is 0 Å². The fraction of sp³-hybridized carbons (Fsp3) is 0.0455. The largest absolute Gasteiger partial charge is 0.274 e. The Kier molecular flexibility index (Phi) is 3.72. The minimum absolute atomic E-state index is 0.636. The predicted octanol–water partition coefficient (Wildman–Crippen LogP) is 4.77. The zero-order chi connectivity index (χ0) is 20.1. The van der Waals surface area contributed by atoms with Crippen molar-refractivity contribution in [1.82, 2.24) is 35.0 Å². The lowest BCUT2D eigenvalue weighted by atomic mass is 10.1. The maximum Gasteiger partial charge on any atom is 0.235 e. The SMILES string of the molecule is Cc1cc(-c2nn3c(-c4cc(-c5ccccc5)n[nH]4)nnc3s2)c2ccccc2n1. The first-order valence-electron chi connectivity index (χ1n) is 9.46. The van der Waals surface area contributed by atoms with E-state index in [4.69, 9.17) is 5.10 Å². The number of nitrogens with one attached hydrogen (secondary N) is 1. The van der Waals surface area contributed by atoms with Gasteiger partial charge in [-0.25, -0.2) is 0 Å². The highest BCUT2D eigenvalue weighted by molar-refractivity contribution is 7.20. The van der Waals surface area contributed by atoms with E-state index >= 15 is 0 Å². The standard InChI is InChI=1S/C22H15N7S/c1-13-11-16(15-9-5-6-10-17(15)23-13)21-28-29-20(26-27-22(29)30-21)19-12-18(24-25-19)14-7-3-2-4-8-14/h2-12H,1H3,(H,24,25). The van der Waals surface area contributed by atoms with Crippen LogP contribution < -0.4 is 0 Å². The van der Waals surface area contributed by atoms with Gasteiger partial charge in [-0.3, -0.25) is 10.1 Å². The van der Waals surface area contributed by atoms with Crippen molar-refractivity contribution in [2.24, 2.45) is 0 Å². The maximum absolute atomic E-state index is 4.83. The van der Waals surface area contributed by atoms with Gasteiger partial charge in [-0.15, -0.1) is 10.2 Å². The molecule has 0 aliphatic rings. The first-order valence-corrected chi connectivity index (χ1v) is 10.3. The third-order valence-electron chi connectivity index (χ3n) is 4.95. The third kappa shape index (κ3) is 2.69. The smallest absolute Gasteiger partial charge is 0.235 e. The van der Waals surface area contributed by atoms with Gasteiger partial charge in [0.05, 0.1) is 11.2 Å². The number of rotatable bonds is 3. The molecule has 6 rings (SSSR count). The number of pyridine rings is 1. The maximum atomic E-state index is 4.83. The summed E-state index contributed by atoms with van der Waals surface area (Å²) in [7, 11) is 0. The minimum Gasteiger partial charge on any atom is -0.274 e. The van der Waals surface area contributed by atoms with E-state index in [1.807, 2.05) is 61.5 Å². The summed E-state index contributed by atoms with van der Waals surface area (Å²) in [5.41, 5.74) is 5.63. The van der Waals surface area contributed by atoms with Crippen LogP contribution in [0.25, 0.3) is 49.2 Å². The van der Waals surface area contributed by atoms with Crippen molar-refractivity contribution in [2.45, 2.75) is 6.92 Å². The summed E-state index contributed by atoms with van der Waals surface area (Å²) in [5.74, 6) is 0.636. The van der Waals surface area contributed by atoms with Crippen molar-refractivity contribution < 1.29 is 0 Å². The van der Waals surface area contributed by atoms with Gasteiger partial charge in [0.2, 0.25) is 10.8 Å². The molecule has 0 atom stereocenters. The zero-order valence-electron chi connectivity index (χ0n) is 15.9. The summed E-state index contributed by atoms with van der Waals surface area (Å²) in [5, 5.41) is 22.9.